The molecule has 2 atom stereocenters. The van der Waals surface area contributed by atoms with E-state index in [-0.39, 0.29) is 18.1 Å². The summed E-state index contributed by atoms with van der Waals surface area (Å²) in [6.45, 7) is 6.76. The summed E-state index contributed by atoms with van der Waals surface area (Å²) in [5, 5.41) is 5.50. The van der Waals surface area contributed by atoms with E-state index >= 15 is 0 Å². The molecule has 2 heterocycles. The molecule has 0 aliphatic carbocycles. The summed E-state index contributed by atoms with van der Waals surface area (Å²) < 4.78 is 6.52. The van der Waals surface area contributed by atoms with E-state index in [9.17, 15) is 4.79 Å². The zero-order valence-electron chi connectivity index (χ0n) is 13.7. The summed E-state index contributed by atoms with van der Waals surface area (Å²) in [4.78, 5) is 19.2. The molecule has 1 amide bonds. The van der Waals surface area contributed by atoms with E-state index < -0.39 is 0 Å². The van der Waals surface area contributed by atoms with E-state index in [0.29, 0.717) is 10.7 Å². The zero-order valence-corrected chi connectivity index (χ0v) is 16.1. The maximum absolute atomic E-state index is 12.3. The average Bonchev–Trinajstić information content (AvgIpc) is 2.93. The fraction of sp³-hybridized carbons (Fsp3) is 0.412. The Hall–Kier alpha value is -1.28. The number of carbonyl (C=O) groups is 1. The molecular formula is C17H20BrN3O2S. The minimum absolute atomic E-state index is 0.156. The Morgan fingerprint density at radius 3 is 2.79 bits per heavy atom. The van der Waals surface area contributed by atoms with Crippen molar-refractivity contribution in [2.24, 2.45) is 0 Å². The maximum Gasteiger partial charge on any atom is 0.258 e. The van der Waals surface area contributed by atoms with E-state index in [1.165, 1.54) is 11.3 Å². The predicted molar refractivity (Wildman–Crippen MR) is 99.5 cm³/mol. The number of hydrogen-bond acceptors (Lipinski definition) is 5. The van der Waals surface area contributed by atoms with Crippen LogP contribution in [0.15, 0.2) is 34.1 Å². The third-order valence-electron chi connectivity index (χ3n) is 3.77. The van der Waals surface area contributed by atoms with Crippen molar-refractivity contribution in [3.63, 3.8) is 0 Å². The Morgan fingerprint density at radius 2 is 2.08 bits per heavy atom. The molecule has 1 aliphatic rings. The fourth-order valence-corrected chi connectivity index (χ4v) is 4.05. The standard InChI is InChI=1S/C17H20BrN3O2S/c1-11-7-21(8-12(2)23-11)9-13-10-24-17(19-13)20-16(22)14-5-3-4-6-15(14)18/h3-6,10-12H,7-9H2,1-2H3,(H,19,20,22)/t11-,12-/m0/s1. The number of morpholine rings is 1. The highest BCUT2D eigenvalue weighted by Crippen LogP contribution is 2.22. The van der Waals surface area contributed by atoms with Crippen LogP contribution in [0.4, 0.5) is 5.13 Å². The number of amides is 1. The molecule has 0 unspecified atom stereocenters. The normalized spacial score (nSPS) is 21.6. The fourth-order valence-electron chi connectivity index (χ4n) is 2.89. The van der Waals surface area contributed by atoms with E-state index in [1.54, 1.807) is 6.07 Å². The number of benzene rings is 1. The van der Waals surface area contributed by atoms with Crippen LogP contribution in [-0.2, 0) is 11.3 Å². The van der Waals surface area contributed by atoms with Gasteiger partial charge in [-0.15, -0.1) is 11.3 Å². The van der Waals surface area contributed by atoms with Crippen LogP contribution in [0, 0.1) is 0 Å². The smallest absolute Gasteiger partial charge is 0.258 e. The van der Waals surface area contributed by atoms with Gasteiger partial charge in [-0.3, -0.25) is 15.0 Å². The van der Waals surface area contributed by atoms with Crippen LogP contribution in [0.5, 0.6) is 0 Å². The molecule has 24 heavy (non-hydrogen) atoms. The number of nitrogens with zero attached hydrogens (tertiary/aromatic N) is 2. The average molecular weight is 410 g/mol. The van der Waals surface area contributed by atoms with Gasteiger partial charge in [0.1, 0.15) is 0 Å². The van der Waals surface area contributed by atoms with Crippen LogP contribution in [0.25, 0.3) is 0 Å². The molecule has 128 valence electrons. The van der Waals surface area contributed by atoms with Crippen molar-refractivity contribution in [2.75, 3.05) is 18.4 Å². The molecule has 7 heteroatoms. The number of rotatable bonds is 4. The van der Waals surface area contributed by atoms with Gasteiger partial charge in [-0.2, -0.15) is 0 Å². The van der Waals surface area contributed by atoms with Crippen LogP contribution in [0.2, 0.25) is 0 Å². The molecule has 0 radical (unpaired) electrons. The highest BCUT2D eigenvalue weighted by Gasteiger charge is 2.23. The van der Waals surface area contributed by atoms with Crippen LogP contribution in [0.3, 0.4) is 0 Å². The van der Waals surface area contributed by atoms with Gasteiger partial charge >= 0.3 is 0 Å². The van der Waals surface area contributed by atoms with E-state index in [0.717, 1.165) is 29.8 Å². The number of carbonyl (C=O) groups excluding carboxylic acids is 1. The highest BCUT2D eigenvalue weighted by molar-refractivity contribution is 9.10. The van der Waals surface area contributed by atoms with Gasteiger partial charge in [0.2, 0.25) is 0 Å². The molecule has 1 saturated heterocycles. The lowest BCUT2D eigenvalue weighted by Crippen LogP contribution is -2.44. The molecule has 1 N–H and O–H groups in total. The summed E-state index contributed by atoms with van der Waals surface area (Å²) in [6.07, 6.45) is 0.476. The molecule has 0 saturated carbocycles. The number of aromatic nitrogens is 1. The second kappa shape index (κ2) is 7.74. The molecule has 3 rings (SSSR count). The Morgan fingerprint density at radius 1 is 1.38 bits per heavy atom. The summed E-state index contributed by atoms with van der Waals surface area (Å²) in [5.74, 6) is -0.156. The number of hydrogen-bond donors (Lipinski definition) is 1. The van der Waals surface area contributed by atoms with Gasteiger partial charge in [-0.05, 0) is 41.9 Å². The van der Waals surface area contributed by atoms with Gasteiger partial charge in [-0.25, -0.2) is 4.98 Å². The summed E-state index contributed by atoms with van der Waals surface area (Å²) in [7, 11) is 0. The monoisotopic (exact) mass is 409 g/mol. The first-order valence-corrected chi connectivity index (χ1v) is 9.56. The first kappa shape index (κ1) is 17.5. The van der Waals surface area contributed by atoms with Gasteiger partial charge < -0.3 is 4.74 Å². The van der Waals surface area contributed by atoms with Crippen LogP contribution in [-0.4, -0.2) is 41.1 Å². The lowest BCUT2D eigenvalue weighted by molar-refractivity contribution is -0.0707. The lowest BCUT2D eigenvalue weighted by atomic mass is 10.2. The quantitative estimate of drug-likeness (QED) is 0.834. The largest absolute Gasteiger partial charge is 0.373 e. The molecular weight excluding hydrogens is 390 g/mol. The van der Waals surface area contributed by atoms with Crippen molar-refractivity contribution in [1.82, 2.24) is 9.88 Å². The predicted octanol–water partition coefficient (Wildman–Crippen LogP) is 3.77. The van der Waals surface area contributed by atoms with Crippen molar-refractivity contribution in [3.05, 3.63) is 45.4 Å². The minimum atomic E-state index is -0.156. The number of thiazole rings is 1. The first-order chi connectivity index (χ1) is 11.5. The van der Waals surface area contributed by atoms with E-state index in [1.807, 2.05) is 23.6 Å². The number of nitrogens with one attached hydrogen (secondary N) is 1. The summed E-state index contributed by atoms with van der Waals surface area (Å²) in [5.41, 5.74) is 1.58. The topological polar surface area (TPSA) is 54.5 Å². The SMILES string of the molecule is C[C@H]1CN(Cc2csc(NC(=O)c3ccccc3Br)n2)C[C@H](C)O1. The molecule has 5 nitrogen and oxygen atoms in total. The van der Waals surface area contributed by atoms with E-state index in [4.69, 9.17) is 4.74 Å². The van der Waals surface area contributed by atoms with Gasteiger partial charge in [0.25, 0.3) is 5.91 Å². The van der Waals surface area contributed by atoms with Gasteiger partial charge in [0, 0.05) is 29.5 Å². The van der Waals surface area contributed by atoms with Crippen molar-refractivity contribution in [3.8, 4) is 0 Å². The highest BCUT2D eigenvalue weighted by atomic mass is 79.9. The van der Waals surface area contributed by atoms with Gasteiger partial charge in [0.15, 0.2) is 5.13 Å². The summed E-state index contributed by atoms with van der Waals surface area (Å²) in [6, 6.07) is 7.35. The molecule has 0 spiro atoms. The summed E-state index contributed by atoms with van der Waals surface area (Å²) >= 11 is 4.85. The molecule has 1 aromatic heterocycles. The van der Waals surface area contributed by atoms with Crippen LogP contribution >= 0.6 is 27.3 Å². The third kappa shape index (κ3) is 4.42. The maximum atomic E-state index is 12.3. The van der Waals surface area contributed by atoms with Crippen molar-refractivity contribution in [1.29, 1.82) is 0 Å². The second-order valence-electron chi connectivity index (χ2n) is 6.03. The number of ether oxygens (including phenoxy) is 1. The van der Waals surface area contributed by atoms with Gasteiger partial charge in [-0.1, -0.05) is 12.1 Å². The molecule has 1 fully saturated rings. The first-order valence-electron chi connectivity index (χ1n) is 7.89. The number of halogens is 1. The van der Waals surface area contributed by atoms with Crippen LogP contribution in [0.1, 0.15) is 29.9 Å². The van der Waals surface area contributed by atoms with Crippen molar-refractivity contribution in [2.45, 2.75) is 32.6 Å². The Kier molecular flexibility index (Phi) is 5.65. The van der Waals surface area contributed by atoms with Gasteiger partial charge in [0.05, 0.1) is 23.5 Å². The van der Waals surface area contributed by atoms with Crippen LogP contribution < -0.4 is 5.32 Å². The molecule has 1 aromatic carbocycles. The Labute approximate surface area is 154 Å². The Balaban J connectivity index is 1.61. The molecule has 1 aliphatic heterocycles. The third-order valence-corrected chi connectivity index (χ3v) is 5.27. The zero-order chi connectivity index (χ0) is 17.1. The van der Waals surface area contributed by atoms with Crippen molar-refractivity contribution < 1.29 is 9.53 Å². The van der Waals surface area contributed by atoms with E-state index in [2.05, 4.69) is 45.0 Å². The molecule has 2 aromatic rings. The molecule has 0 bridgehead atoms. The number of anilines is 1. The minimum Gasteiger partial charge on any atom is -0.373 e. The Bertz CT molecular complexity index is 711. The lowest BCUT2D eigenvalue weighted by Gasteiger charge is -2.34. The van der Waals surface area contributed by atoms with Crippen molar-refractivity contribution >= 4 is 38.3 Å². The second-order valence-corrected chi connectivity index (χ2v) is 7.74.